The first kappa shape index (κ1) is 26.0. The molecule has 1 saturated heterocycles. The van der Waals surface area contributed by atoms with Crippen LogP contribution in [0, 0.1) is 11.3 Å². The van der Waals surface area contributed by atoms with Gasteiger partial charge in [-0.1, -0.05) is 93.1 Å². The highest BCUT2D eigenvalue weighted by atomic mass is 28.4. The Morgan fingerprint density at radius 1 is 0.886 bits per heavy atom. The van der Waals surface area contributed by atoms with Gasteiger partial charge in [0.2, 0.25) is 0 Å². The van der Waals surface area contributed by atoms with Gasteiger partial charge in [0.15, 0.2) is 8.32 Å². The molecule has 188 valence electrons. The molecule has 1 aliphatic heterocycles. The van der Waals surface area contributed by atoms with Gasteiger partial charge in [-0.2, -0.15) is 0 Å². The highest BCUT2D eigenvalue weighted by molar-refractivity contribution is 6.69. The first-order valence-electron chi connectivity index (χ1n) is 13.5. The molecule has 2 nitrogen and oxygen atoms in total. The Labute approximate surface area is 215 Å². The molecule has 1 aliphatic carbocycles. The minimum atomic E-state index is -1.90. The fraction of sp³-hybridized carbons (Fsp3) is 0.500. The minimum Gasteiger partial charge on any atom is -0.402 e. The van der Waals surface area contributed by atoms with Gasteiger partial charge in [-0.25, -0.2) is 0 Å². The quantitative estimate of drug-likeness (QED) is 0.363. The van der Waals surface area contributed by atoms with Crippen molar-refractivity contribution < 1.29 is 4.43 Å². The monoisotopic (exact) mass is 487 g/mol. The van der Waals surface area contributed by atoms with E-state index in [0.29, 0.717) is 5.41 Å². The third-order valence-electron chi connectivity index (χ3n) is 7.79. The smallest absolute Gasteiger partial charge is 0.185 e. The second-order valence-electron chi connectivity index (χ2n) is 12.5. The SMILES string of the molecule is CC(C)(C)[C@@H]1CC=C(/C=C/N2CCC[C@@H]2C(O[Si](C)(C)C)(c2ccccc2)c2ccccc2)CC1. The van der Waals surface area contributed by atoms with Crippen molar-refractivity contribution in [3.05, 3.63) is 95.7 Å². The van der Waals surface area contributed by atoms with Crippen LogP contribution in [0.2, 0.25) is 19.6 Å². The molecule has 2 aliphatic rings. The summed E-state index contributed by atoms with van der Waals surface area (Å²) in [5.74, 6) is 0.785. The molecule has 0 spiro atoms. The van der Waals surface area contributed by atoms with Crippen molar-refractivity contribution in [2.24, 2.45) is 11.3 Å². The number of hydrogen-bond donors (Lipinski definition) is 0. The molecule has 2 aromatic carbocycles. The van der Waals surface area contributed by atoms with Crippen LogP contribution >= 0.6 is 0 Å². The molecule has 3 heteroatoms. The molecule has 2 aromatic rings. The van der Waals surface area contributed by atoms with E-state index in [-0.39, 0.29) is 6.04 Å². The van der Waals surface area contributed by atoms with Gasteiger partial charge in [-0.3, -0.25) is 0 Å². The maximum Gasteiger partial charge on any atom is 0.185 e. The van der Waals surface area contributed by atoms with Crippen molar-refractivity contribution in [1.82, 2.24) is 4.90 Å². The molecule has 0 radical (unpaired) electrons. The Morgan fingerprint density at radius 2 is 1.49 bits per heavy atom. The van der Waals surface area contributed by atoms with E-state index in [1.807, 2.05) is 0 Å². The molecular weight excluding hydrogens is 442 g/mol. The van der Waals surface area contributed by atoms with Crippen molar-refractivity contribution in [3.8, 4) is 0 Å². The number of nitrogens with zero attached hydrogens (tertiary/aromatic N) is 1. The van der Waals surface area contributed by atoms with E-state index in [1.165, 1.54) is 42.4 Å². The zero-order chi connectivity index (χ0) is 25.1. The molecular formula is C32H45NOSi. The second kappa shape index (κ2) is 10.5. The predicted molar refractivity (Wildman–Crippen MR) is 152 cm³/mol. The highest BCUT2D eigenvalue weighted by Gasteiger charge is 2.49. The summed E-state index contributed by atoms with van der Waals surface area (Å²) in [5, 5.41) is 0. The van der Waals surface area contributed by atoms with Crippen LogP contribution in [-0.2, 0) is 10.0 Å². The lowest BCUT2D eigenvalue weighted by Gasteiger charge is -2.47. The molecule has 0 unspecified atom stereocenters. The third-order valence-corrected chi connectivity index (χ3v) is 8.72. The van der Waals surface area contributed by atoms with Crippen molar-refractivity contribution in [1.29, 1.82) is 0 Å². The molecule has 0 amide bonds. The summed E-state index contributed by atoms with van der Waals surface area (Å²) in [7, 11) is -1.90. The van der Waals surface area contributed by atoms with E-state index in [2.05, 4.69) is 124 Å². The van der Waals surface area contributed by atoms with Crippen molar-refractivity contribution in [2.45, 2.75) is 84.2 Å². The lowest BCUT2D eigenvalue weighted by atomic mass is 9.73. The number of benzene rings is 2. The maximum absolute atomic E-state index is 7.30. The molecule has 1 heterocycles. The van der Waals surface area contributed by atoms with E-state index in [0.717, 1.165) is 18.9 Å². The van der Waals surface area contributed by atoms with Crippen molar-refractivity contribution in [2.75, 3.05) is 6.54 Å². The van der Waals surface area contributed by atoms with Gasteiger partial charge in [-0.15, -0.1) is 0 Å². The summed E-state index contributed by atoms with van der Waals surface area (Å²) in [5.41, 5.74) is 3.94. The van der Waals surface area contributed by atoms with E-state index >= 15 is 0 Å². The van der Waals surface area contributed by atoms with Gasteiger partial charge < -0.3 is 9.33 Å². The zero-order valence-electron chi connectivity index (χ0n) is 22.8. The van der Waals surface area contributed by atoms with Crippen molar-refractivity contribution >= 4 is 8.32 Å². The second-order valence-corrected chi connectivity index (χ2v) is 16.9. The molecule has 0 bridgehead atoms. The Balaban J connectivity index is 1.71. The topological polar surface area (TPSA) is 12.5 Å². The summed E-state index contributed by atoms with van der Waals surface area (Å²) in [4.78, 5) is 2.58. The standard InChI is InChI=1S/C32H45NOSi/c1-31(2,3)27-21-19-26(20-22-27)23-25-33-24-13-18-30(33)32(34-35(4,5)6,28-14-9-7-10-15-28)29-16-11-8-12-17-29/h7-12,14-17,19,23,25,27,30H,13,18,20-22,24H2,1-6H3/b25-23+/t27-,30-/m1/s1. The van der Waals surface area contributed by atoms with Gasteiger partial charge in [0.1, 0.15) is 5.60 Å². The van der Waals surface area contributed by atoms with Crippen LogP contribution in [0.1, 0.15) is 64.0 Å². The lowest BCUT2D eigenvalue weighted by molar-refractivity contribution is 0.0284. The Bertz CT molecular complexity index is 974. The maximum atomic E-state index is 7.30. The van der Waals surface area contributed by atoms with Crippen LogP contribution in [0.15, 0.2) is 84.6 Å². The summed E-state index contributed by atoms with van der Waals surface area (Å²) >= 11 is 0. The number of hydrogen-bond acceptors (Lipinski definition) is 2. The van der Waals surface area contributed by atoms with Crippen LogP contribution in [0.4, 0.5) is 0 Å². The third kappa shape index (κ3) is 6.01. The lowest BCUT2D eigenvalue weighted by Crippen LogP contribution is -2.53. The molecule has 2 atom stereocenters. The average molecular weight is 488 g/mol. The average Bonchev–Trinajstić information content (AvgIpc) is 3.30. The molecule has 1 fully saturated rings. The molecule has 0 aromatic heterocycles. The fourth-order valence-corrected chi connectivity index (χ4v) is 7.32. The van der Waals surface area contributed by atoms with Crippen LogP contribution < -0.4 is 0 Å². The van der Waals surface area contributed by atoms with Crippen molar-refractivity contribution in [3.63, 3.8) is 0 Å². The normalized spacial score (nSPS) is 22.0. The number of allylic oxidation sites excluding steroid dienone is 3. The Morgan fingerprint density at radius 3 is 1.97 bits per heavy atom. The summed E-state index contributed by atoms with van der Waals surface area (Å²) in [6.45, 7) is 15.2. The van der Waals surface area contributed by atoms with Gasteiger partial charge in [0.25, 0.3) is 0 Å². The fourth-order valence-electron chi connectivity index (χ4n) is 5.98. The summed E-state index contributed by atoms with van der Waals surface area (Å²) in [6.07, 6.45) is 13.3. The van der Waals surface area contributed by atoms with E-state index in [1.54, 1.807) is 0 Å². The van der Waals surface area contributed by atoms with E-state index < -0.39 is 13.9 Å². The highest BCUT2D eigenvalue weighted by Crippen LogP contribution is 2.45. The molecule has 4 rings (SSSR count). The predicted octanol–water partition coefficient (Wildman–Crippen LogP) is 8.53. The molecule has 0 N–H and O–H groups in total. The van der Waals surface area contributed by atoms with Gasteiger partial charge >= 0.3 is 0 Å². The van der Waals surface area contributed by atoms with E-state index in [4.69, 9.17) is 4.43 Å². The van der Waals surface area contributed by atoms with Crippen LogP contribution in [0.3, 0.4) is 0 Å². The van der Waals surface area contributed by atoms with Crippen LogP contribution in [-0.4, -0.2) is 25.8 Å². The largest absolute Gasteiger partial charge is 0.402 e. The number of likely N-dealkylation sites (tertiary alicyclic amines) is 1. The van der Waals surface area contributed by atoms with Crippen LogP contribution in [0.5, 0.6) is 0 Å². The van der Waals surface area contributed by atoms with Gasteiger partial charge in [0.05, 0.1) is 6.04 Å². The van der Waals surface area contributed by atoms with Gasteiger partial charge in [0, 0.05) is 6.54 Å². The Hall–Kier alpha value is -2.10. The Kier molecular flexibility index (Phi) is 7.78. The molecule has 35 heavy (non-hydrogen) atoms. The molecule has 0 saturated carbocycles. The minimum absolute atomic E-state index is 0.266. The number of rotatable bonds is 7. The van der Waals surface area contributed by atoms with Gasteiger partial charge in [-0.05, 0) is 86.5 Å². The summed E-state index contributed by atoms with van der Waals surface area (Å²) in [6, 6.07) is 22.2. The van der Waals surface area contributed by atoms with E-state index in [9.17, 15) is 0 Å². The zero-order valence-corrected chi connectivity index (χ0v) is 23.8. The summed E-state index contributed by atoms with van der Waals surface area (Å²) < 4.78 is 7.30. The van der Waals surface area contributed by atoms with Crippen LogP contribution in [0.25, 0.3) is 0 Å². The first-order chi connectivity index (χ1) is 16.6. The first-order valence-corrected chi connectivity index (χ1v) is 16.9.